The summed E-state index contributed by atoms with van der Waals surface area (Å²) in [7, 11) is -2.00. The Kier molecular flexibility index (Phi) is 3.55. The molecular weight excluding hydrogens is 199 g/mol. The average molecular weight is 210 g/mol. The lowest BCUT2D eigenvalue weighted by Gasteiger charge is -2.06. The highest BCUT2D eigenvalue weighted by Crippen LogP contribution is 2.26. The molecular formula is C10H11O3P. The van der Waals surface area contributed by atoms with Crippen molar-refractivity contribution in [3.05, 3.63) is 42.5 Å². The van der Waals surface area contributed by atoms with Gasteiger partial charge in [-0.1, -0.05) is 36.4 Å². The van der Waals surface area contributed by atoms with Gasteiger partial charge < -0.3 is 15.3 Å². The third-order valence-corrected chi connectivity index (χ3v) is 2.80. The van der Waals surface area contributed by atoms with E-state index < -0.39 is 8.38 Å². The van der Waals surface area contributed by atoms with Crippen molar-refractivity contribution in [3.8, 4) is 0 Å². The molecule has 3 nitrogen and oxygen atoms in total. The lowest BCUT2D eigenvalue weighted by Crippen LogP contribution is -2.00. The molecule has 0 atom stereocenters. The minimum absolute atomic E-state index is 0. The summed E-state index contributed by atoms with van der Waals surface area (Å²) in [5, 5.41) is 2.57. The van der Waals surface area contributed by atoms with Gasteiger partial charge in [0.05, 0.1) is 0 Å². The first-order valence-corrected chi connectivity index (χ1v) is 5.19. The topological polar surface area (TPSA) is 72.0 Å². The molecule has 2 aromatic carbocycles. The van der Waals surface area contributed by atoms with Gasteiger partial charge in [-0.15, -0.1) is 0 Å². The fourth-order valence-electron chi connectivity index (χ4n) is 1.38. The van der Waals surface area contributed by atoms with Crippen LogP contribution in [-0.4, -0.2) is 15.3 Å². The lowest BCUT2D eigenvalue weighted by molar-refractivity contribution is 0.497. The third kappa shape index (κ3) is 1.91. The highest BCUT2D eigenvalue weighted by molar-refractivity contribution is 7.54. The van der Waals surface area contributed by atoms with E-state index in [9.17, 15) is 0 Å². The zero-order valence-corrected chi connectivity index (χ0v) is 8.28. The minimum Gasteiger partial charge on any atom is -0.412 e. The first kappa shape index (κ1) is 11.1. The molecule has 0 aromatic heterocycles. The van der Waals surface area contributed by atoms with Gasteiger partial charge in [-0.3, -0.25) is 0 Å². The molecule has 0 saturated heterocycles. The van der Waals surface area contributed by atoms with Crippen LogP contribution in [0.25, 0.3) is 10.8 Å². The van der Waals surface area contributed by atoms with E-state index in [0.29, 0.717) is 5.30 Å². The van der Waals surface area contributed by atoms with E-state index in [1.807, 2.05) is 36.4 Å². The summed E-state index contributed by atoms with van der Waals surface area (Å²) < 4.78 is 0. The first-order chi connectivity index (χ1) is 6.29. The summed E-state index contributed by atoms with van der Waals surface area (Å²) in [5.41, 5.74) is 0. The highest BCUT2D eigenvalue weighted by atomic mass is 31.2. The maximum atomic E-state index is 9.14. The van der Waals surface area contributed by atoms with E-state index in [1.54, 1.807) is 6.07 Å². The number of rotatable bonds is 1. The highest BCUT2D eigenvalue weighted by Gasteiger charge is 2.06. The van der Waals surface area contributed by atoms with Crippen molar-refractivity contribution in [1.82, 2.24) is 0 Å². The van der Waals surface area contributed by atoms with Crippen LogP contribution >= 0.6 is 8.38 Å². The number of hydrogen-bond donors (Lipinski definition) is 2. The van der Waals surface area contributed by atoms with E-state index in [4.69, 9.17) is 9.79 Å². The summed E-state index contributed by atoms with van der Waals surface area (Å²) in [6.45, 7) is 0. The minimum atomic E-state index is -2.00. The Labute approximate surface area is 82.9 Å². The molecule has 14 heavy (non-hydrogen) atoms. The maximum absolute atomic E-state index is 9.14. The van der Waals surface area contributed by atoms with Crippen molar-refractivity contribution in [2.24, 2.45) is 0 Å². The molecule has 4 N–H and O–H groups in total. The fraction of sp³-hybridized carbons (Fsp3) is 0. The predicted molar refractivity (Wildman–Crippen MR) is 58.6 cm³/mol. The zero-order chi connectivity index (χ0) is 9.26. The molecule has 0 unspecified atom stereocenters. The van der Waals surface area contributed by atoms with E-state index in [2.05, 4.69) is 0 Å². The molecule has 4 heteroatoms. The molecule has 0 spiro atoms. The molecule has 2 rings (SSSR count). The van der Waals surface area contributed by atoms with Crippen LogP contribution in [-0.2, 0) is 0 Å². The number of benzene rings is 2. The van der Waals surface area contributed by atoms with E-state index in [-0.39, 0.29) is 5.48 Å². The van der Waals surface area contributed by atoms with Crippen LogP contribution in [0.15, 0.2) is 42.5 Å². The Bertz CT molecular complexity index is 423. The quantitative estimate of drug-likeness (QED) is 0.687. The monoisotopic (exact) mass is 210 g/mol. The van der Waals surface area contributed by atoms with Crippen LogP contribution in [0.1, 0.15) is 0 Å². The Morgan fingerprint density at radius 2 is 1.50 bits per heavy atom. The molecule has 74 valence electrons. The lowest BCUT2D eigenvalue weighted by atomic mass is 10.1. The van der Waals surface area contributed by atoms with Gasteiger partial charge in [0.2, 0.25) is 0 Å². The second kappa shape index (κ2) is 4.49. The molecule has 0 bridgehead atoms. The Morgan fingerprint density at radius 3 is 2.21 bits per heavy atom. The van der Waals surface area contributed by atoms with Gasteiger partial charge in [0.25, 0.3) is 0 Å². The van der Waals surface area contributed by atoms with Gasteiger partial charge in [0.15, 0.2) is 8.38 Å². The van der Waals surface area contributed by atoms with Crippen molar-refractivity contribution in [2.45, 2.75) is 0 Å². The number of hydrogen-bond acceptors (Lipinski definition) is 2. The third-order valence-electron chi connectivity index (χ3n) is 1.98. The summed E-state index contributed by atoms with van der Waals surface area (Å²) in [6.07, 6.45) is 0. The summed E-state index contributed by atoms with van der Waals surface area (Å²) in [6, 6.07) is 13.2. The molecule has 0 saturated carbocycles. The summed E-state index contributed by atoms with van der Waals surface area (Å²) in [4.78, 5) is 18.3. The average Bonchev–Trinajstić information content (AvgIpc) is 2.17. The van der Waals surface area contributed by atoms with Gasteiger partial charge in [0.1, 0.15) is 0 Å². The van der Waals surface area contributed by atoms with Crippen LogP contribution in [0.5, 0.6) is 0 Å². The van der Waals surface area contributed by atoms with Crippen LogP contribution in [0, 0.1) is 0 Å². The van der Waals surface area contributed by atoms with Gasteiger partial charge in [-0.2, -0.15) is 0 Å². The normalized spacial score (nSPS) is 10.2. The van der Waals surface area contributed by atoms with Crippen molar-refractivity contribution >= 4 is 24.5 Å². The maximum Gasteiger partial charge on any atom is 0.200 e. The predicted octanol–water partition coefficient (Wildman–Crippen LogP) is 0.937. The van der Waals surface area contributed by atoms with E-state index in [1.165, 1.54) is 0 Å². The van der Waals surface area contributed by atoms with Crippen molar-refractivity contribution in [2.75, 3.05) is 0 Å². The molecule has 0 aliphatic heterocycles. The SMILES string of the molecule is O.OP(O)c1cccc2ccccc12. The number of fused-ring (bicyclic) bond motifs is 1. The van der Waals surface area contributed by atoms with Gasteiger partial charge in [-0.05, 0) is 16.8 Å². The van der Waals surface area contributed by atoms with Crippen molar-refractivity contribution in [3.63, 3.8) is 0 Å². The van der Waals surface area contributed by atoms with E-state index in [0.717, 1.165) is 10.8 Å². The van der Waals surface area contributed by atoms with Crippen molar-refractivity contribution < 1.29 is 15.3 Å². The van der Waals surface area contributed by atoms with Crippen molar-refractivity contribution in [1.29, 1.82) is 0 Å². The zero-order valence-electron chi connectivity index (χ0n) is 7.38. The summed E-state index contributed by atoms with van der Waals surface area (Å²) >= 11 is 0. The molecule has 0 radical (unpaired) electrons. The standard InChI is InChI=1S/C10H9O2P.H2O/c11-13(12)10-7-3-5-8-4-1-2-6-9(8)10;/h1-7,11-12H;1H2. The Balaban J connectivity index is 0.000000980. The molecule has 0 aliphatic carbocycles. The van der Waals surface area contributed by atoms with Crippen LogP contribution < -0.4 is 5.30 Å². The van der Waals surface area contributed by atoms with Crippen LogP contribution in [0.3, 0.4) is 0 Å². The smallest absolute Gasteiger partial charge is 0.200 e. The van der Waals surface area contributed by atoms with Gasteiger partial charge >= 0.3 is 0 Å². The van der Waals surface area contributed by atoms with Crippen LogP contribution in [0.4, 0.5) is 0 Å². The second-order valence-corrected chi connectivity index (χ2v) is 3.85. The summed E-state index contributed by atoms with van der Waals surface area (Å²) in [5.74, 6) is 0. The largest absolute Gasteiger partial charge is 0.412 e. The molecule has 0 heterocycles. The fourth-order valence-corrected chi connectivity index (χ4v) is 2.02. The molecule has 0 fully saturated rings. The Hall–Kier alpha value is -0.990. The van der Waals surface area contributed by atoms with E-state index >= 15 is 0 Å². The van der Waals surface area contributed by atoms with Gasteiger partial charge in [-0.25, -0.2) is 0 Å². The second-order valence-electron chi connectivity index (χ2n) is 2.79. The molecule has 2 aromatic rings. The first-order valence-electron chi connectivity index (χ1n) is 3.94. The molecule has 0 amide bonds. The van der Waals surface area contributed by atoms with Gasteiger partial charge in [0, 0.05) is 5.30 Å². The molecule has 0 aliphatic rings. The Morgan fingerprint density at radius 1 is 0.857 bits per heavy atom. The van der Waals surface area contributed by atoms with Crippen LogP contribution in [0.2, 0.25) is 0 Å².